The Morgan fingerprint density at radius 3 is 2.57 bits per heavy atom. The van der Waals surface area contributed by atoms with Gasteiger partial charge in [-0.25, -0.2) is 4.98 Å². The average molecular weight is 291 g/mol. The molecule has 0 bridgehead atoms. The Morgan fingerprint density at radius 1 is 1.19 bits per heavy atom. The lowest BCUT2D eigenvalue weighted by Gasteiger charge is -2.17. The molecule has 0 aliphatic heterocycles. The number of nitrogens with zero attached hydrogens (tertiary/aromatic N) is 5. The molecule has 2 aromatic rings. The summed E-state index contributed by atoms with van der Waals surface area (Å²) in [6.45, 7) is 10.4. The Morgan fingerprint density at radius 2 is 1.90 bits per heavy atom. The SMILES string of the molecule is CCN(CC)CCCNc1nc(N)nc2c1nc(C)n2C. The largest absolute Gasteiger partial charge is 0.368 e. The summed E-state index contributed by atoms with van der Waals surface area (Å²) in [4.78, 5) is 15.4. The van der Waals surface area contributed by atoms with Crippen molar-refractivity contribution < 1.29 is 0 Å². The second-order valence-corrected chi connectivity index (χ2v) is 5.13. The molecule has 7 nitrogen and oxygen atoms in total. The van der Waals surface area contributed by atoms with Crippen LogP contribution in [0.25, 0.3) is 11.2 Å². The molecule has 0 amide bonds. The van der Waals surface area contributed by atoms with E-state index in [1.54, 1.807) is 0 Å². The predicted octanol–water partition coefficient (Wildman–Crippen LogP) is 1.40. The summed E-state index contributed by atoms with van der Waals surface area (Å²) in [5.74, 6) is 1.90. The van der Waals surface area contributed by atoms with Crippen LogP contribution in [0.3, 0.4) is 0 Å². The third-order valence-corrected chi connectivity index (χ3v) is 3.80. The van der Waals surface area contributed by atoms with Gasteiger partial charge in [-0.2, -0.15) is 9.97 Å². The van der Waals surface area contributed by atoms with Crippen LogP contribution in [-0.2, 0) is 7.05 Å². The second kappa shape index (κ2) is 6.71. The van der Waals surface area contributed by atoms with Crippen molar-refractivity contribution in [3.05, 3.63) is 5.82 Å². The second-order valence-electron chi connectivity index (χ2n) is 5.13. The Labute approximate surface area is 125 Å². The molecule has 0 aliphatic carbocycles. The minimum absolute atomic E-state index is 0.275. The molecule has 0 saturated heterocycles. The van der Waals surface area contributed by atoms with Gasteiger partial charge in [0.05, 0.1) is 0 Å². The zero-order chi connectivity index (χ0) is 15.4. The van der Waals surface area contributed by atoms with Crippen LogP contribution in [0.1, 0.15) is 26.1 Å². The Hall–Kier alpha value is -1.89. The van der Waals surface area contributed by atoms with Gasteiger partial charge >= 0.3 is 0 Å². The fraction of sp³-hybridized carbons (Fsp3) is 0.643. The van der Waals surface area contributed by atoms with Gasteiger partial charge in [-0.05, 0) is 33.0 Å². The Bertz CT molecular complexity index is 601. The maximum absolute atomic E-state index is 5.79. The van der Waals surface area contributed by atoms with Gasteiger partial charge in [0.15, 0.2) is 17.0 Å². The van der Waals surface area contributed by atoms with Crippen LogP contribution >= 0.6 is 0 Å². The molecule has 0 aliphatic rings. The normalized spacial score (nSPS) is 11.5. The van der Waals surface area contributed by atoms with Gasteiger partial charge in [0.2, 0.25) is 5.95 Å². The van der Waals surface area contributed by atoms with E-state index in [9.17, 15) is 0 Å². The number of fused-ring (bicyclic) bond motifs is 1. The highest BCUT2D eigenvalue weighted by atomic mass is 15.2. The number of imidazole rings is 1. The van der Waals surface area contributed by atoms with E-state index in [1.165, 1.54) is 0 Å². The molecule has 0 unspecified atom stereocenters. The summed E-state index contributed by atoms with van der Waals surface area (Å²) < 4.78 is 1.93. The molecule has 2 heterocycles. The van der Waals surface area contributed by atoms with Crippen molar-refractivity contribution in [2.24, 2.45) is 7.05 Å². The smallest absolute Gasteiger partial charge is 0.224 e. The predicted molar refractivity (Wildman–Crippen MR) is 86.3 cm³/mol. The highest BCUT2D eigenvalue weighted by Crippen LogP contribution is 2.20. The van der Waals surface area contributed by atoms with E-state index in [1.807, 2.05) is 18.5 Å². The summed E-state index contributed by atoms with van der Waals surface area (Å²) in [6, 6.07) is 0. The quantitative estimate of drug-likeness (QED) is 0.750. The van der Waals surface area contributed by atoms with E-state index in [0.717, 1.165) is 55.4 Å². The van der Waals surface area contributed by atoms with Crippen LogP contribution < -0.4 is 11.1 Å². The molecule has 2 aromatic heterocycles. The fourth-order valence-corrected chi connectivity index (χ4v) is 2.36. The molecule has 7 heteroatoms. The molecular weight excluding hydrogens is 266 g/mol. The molecule has 21 heavy (non-hydrogen) atoms. The summed E-state index contributed by atoms with van der Waals surface area (Å²) in [7, 11) is 1.93. The van der Waals surface area contributed by atoms with E-state index in [4.69, 9.17) is 5.73 Å². The van der Waals surface area contributed by atoms with Crippen LogP contribution in [0, 0.1) is 6.92 Å². The maximum Gasteiger partial charge on any atom is 0.224 e. The number of aryl methyl sites for hydroxylation is 2. The van der Waals surface area contributed by atoms with Gasteiger partial charge in [0, 0.05) is 13.6 Å². The third-order valence-electron chi connectivity index (χ3n) is 3.80. The Balaban J connectivity index is 2.06. The van der Waals surface area contributed by atoms with Crippen LogP contribution in [0.4, 0.5) is 11.8 Å². The van der Waals surface area contributed by atoms with Gasteiger partial charge in [0.1, 0.15) is 5.82 Å². The van der Waals surface area contributed by atoms with Crippen molar-refractivity contribution in [3.63, 3.8) is 0 Å². The molecule has 0 atom stereocenters. The first kappa shape index (κ1) is 15.5. The first-order valence-corrected chi connectivity index (χ1v) is 7.49. The number of hydrogen-bond donors (Lipinski definition) is 2. The van der Waals surface area contributed by atoms with Crippen LogP contribution in [-0.4, -0.2) is 50.6 Å². The highest BCUT2D eigenvalue weighted by Gasteiger charge is 2.12. The number of rotatable bonds is 7. The van der Waals surface area contributed by atoms with Crippen LogP contribution in [0.15, 0.2) is 0 Å². The van der Waals surface area contributed by atoms with Gasteiger partial charge in [-0.3, -0.25) is 0 Å². The van der Waals surface area contributed by atoms with Crippen LogP contribution in [0.2, 0.25) is 0 Å². The number of nitrogens with two attached hydrogens (primary N) is 1. The number of nitrogens with one attached hydrogen (secondary N) is 1. The summed E-state index contributed by atoms with van der Waals surface area (Å²) in [5.41, 5.74) is 7.34. The minimum atomic E-state index is 0.275. The summed E-state index contributed by atoms with van der Waals surface area (Å²) >= 11 is 0. The number of aromatic nitrogens is 4. The van der Waals surface area contributed by atoms with Crippen molar-refractivity contribution in [2.75, 3.05) is 37.2 Å². The standard InChI is InChI=1S/C14H25N7/c1-5-21(6-2)9-7-8-16-12-11-13(19-14(15)18-12)20(4)10(3)17-11/h5-9H2,1-4H3,(H3,15,16,18,19). The van der Waals surface area contributed by atoms with Gasteiger partial charge in [0.25, 0.3) is 0 Å². The summed E-state index contributed by atoms with van der Waals surface area (Å²) in [6.07, 6.45) is 1.05. The first-order valence-electron chi connectivity index (χ1n) is 7.49. The minimum Gasteiger partial charge on any atom is -0.368 e. The van der Waals surface area contributed by atoms with Gasteiger partial charge in [-0.1, -0.05) is 13.8 Å². The lowest BCUT2D eigenvalue weighted by Crippen LogP contribution is -2.25. The first-order chi connectivity index (χ1) is 10.1. The molecular formula is C14H25N7. The van der Waals surface area contributed by atoms with Crippen molar-refractivity contribution >= 4 is 22.9 Å². The van der Waals surface area contributed by atoms with E-state index >= 15 is 0 Å². The molecule has 116 valence electrons. The van der Waals surface area contributed by atoms with Crippen molar-refractivity contribution in [3.8, 4) is 0 Å². The lowest BCUT2D eigenvalue weighted by molar-refractivity contribution is 0.303. The van der Waals surface area contributed by atoms with Crippen molar-refractivity contribution in [2.45, 2.75) is 27.2 Å². The lowest BCUT2D eigenvalue weighted by atomic mass is 10.3. The average Bonchev–Trinajstić information content (AvgIpc) is 2.75. The van der Waals surface area contributed by atoms with Gasteiger partial charge in [-0.15, -0.1) is 0 Å². The number of hydrogen-bond acceptors (Lipinski definition) is 6. The van der Waals surface area contributed by atoms with E-state index in [2.05, 4.69) is 39.0 Å². The van der Waals surface area contributed by atoms with Gasteiger partial charge < -0.3 is 20.5 Å². The topological polar surface area (TPSA) is 84.9 Å². The van der Waals surface area contributed by atoms with Crippen molar-refractivity contribution in [1.82, 2.24) is 24.4 Å². The summed E-state index contributed by atoms with van der Waals surface area (Å²) in [5, 5.41) is 3.34. The van der Waals surface area contributed by atoms with Crippen molar-refractivity contribution in [1.29, 1.82) is 0 Å². The zero-order valence-corrected chi connectivity index (χ0v) is 13.3. The van der Waals surface area contributed by atoms with Crippen LogP contribution in [0.5, 0.6) is 0 Å². The number of anilines is 2. The molecule has 0 aromatic carbocycles. The third kappa shape index (κ3) is 3.41. The molecule has 0 saturated carbocycles. The molecule has 0 radical (unpaired) electrons. The zero-order valence-electron chi connectivity index (χ0n) is 13.3. The monoisotopic (exact) mass is 291 g/mol. The maximum atomic E-state index is 5.79. The highest BCUT2D eigenvalue weighted by molar-refractivity contribution is 5.84. The fourth-order valence-electron chi connectivity index (χ4n) is 2.36. The molecule has 0 fully saturated rings. The molecule has 2 rings (SSSR count). The van der Waals surface area contributed by atoms with E-state index in [-0.39, 0.29) is 5.95 Å². The van der Waals surface area contributed by atoms with E-state index in [0.29, 0.717) is 0 Å². The van der Waals surface area contributed by atoms with E-state index < -0.39 is 0 Å². The molecule has 3 N–H and O–H groups in total. The number of nitrogen functional groups attached to an aromatic ring is 1. The molecule has 0 spiro atoms. The Kier molecular flexibility index (Phi) is 4.95.